The zero-order valence-electron chi connectivity index (χ0n) is 11.6. The second-order valence-electron chi connectivity index (χ2n) is 4.72. The molecule has 0 aliphatic carbocycles. The molecule has 3 N–H and O–H groups in total. The number of nitrogens with one attached hydrogen (secondary N) is 1. The van der Waals surface area contributed by atoms with Crippen LogP contribution in [0.15, 0.2) is 53.4 Å². The number of benzene rings is 2. The Morgan fingerprint density at radius 3 is 2.43 bits per heavy atom. The van der Waals surface area contributed by atoms with Crippen molar-refractivity contribution in [1.29, 1.82) is 0 Å². The van der Waals surface area contributed by atoms with Crippen LogP contribution in [-0.4, -0.2) is 8.42 Å². The molecule has 1 unspecified atom stereocenters. The third-order valence-electron chi connectivity index (χ3n) is 3.15. The van der Waals surface area contributed by atoms with E-state index in [1.807, 2.05) is 30.3 Å². The molecule has 0 amide bonds. The maximum absolute atomic E-state index is 12.4. The van der Waals surface area contributed by atoms with Gasteiger partial charge in [0, 0.05) is 12.6 Å². The van der Waals surface area contributed by atoms with Crippen molar-refractivity contribution in [3.05, 3.63) is 64.7 Å². The van der Waals surface area contributed by atoms with Crippen LogP contribution in [0.5, 0.6) is 0 Å². The third-order valence-corrected chi connectivity index (χ3v) is 5.18. The Morgan fingerprint density at radius 2 is 1.86 bits per heavy atom. The van der Waals surface area contributed by atoms with Crippen molar-refractivity contribution in [2.45, 2.75) is 24.4 Å². The monoisotopic (exact) mass is 324 g/mol. The van der Waals surface area contributed by atoms with Crippen molar-refractivity contribution in [2.24, 2.45) is 5.73 Å². The number of hydrogen-bond donors (Lipinski definition) is 2. The summed E-state index contributed by atoms with van der Waals surface area (Å²) in [7, 11) is -3.69. The van der Waals surface area contributed by atoms with Gasteiger partial charge < -0.3 is 5.73 Å². The zero-order valence-corrected chi connectivity index (χ0v) is 13.2. The van der Waals surface area contributed by atoms with Crippen molar-refractivity contribution in [1.82, 2.24) is 4.72 Å². The highest BCUT2D eigenvalue weighted by molar-refractivity contribution is 7.89. The summed E-state index contributed by atoms with van der Waals surface area (Å²) < 4.78 is 27.4. The molecule has 21 heavy (non-hydrogen) atoms. The summed E-state index contributed by atoms with van der Waals surface area (Å²) in [5.74, 6) is 0. The molecule has 0 radical (unpaired) electrons. The van der Waals surface area contributed by atoms with Crippen LogP contribution < -0.4 is 10.5 Å². The summed E-state index contributed by atoms with van der Waals surface area (Å²) in [6.07, 6.45) is 0. The van der Waals surface area contributed by atoms with E-state index in [-0.39, 0.29) is 16.0 Å². The average Bonchev–Trinajstić information content (AvgIpc) is 2.47. The van der Waals surface area contributed by atoms with Crippen molar-refractivity contribution < 1.29 is 8.42 Å². The first-order valence-electron chi connectivity index (χ1n) is 6.50. The number of hydrogen-bond acceptors (Lipinski definition) is 3. The van der Waals surface area contributed by atoms with Crippen LogP contribution in [0.2, 0.25) is 5.02 Å². The lowest BCUT2D eigenvalue weighted by Crippen LogP contribution is -2.27. The molecule has 0 saturated heterocycles. The second kappa shape index (κ2) is 6.58. The van der Waals surface area contributed by atoms with E-state index >= 15 is 0 Å². The number of sulfonamides is 1. The lowest BCUT2D eigenvalue weighted by atomic mass is 10.1. The molecular weight excluding hydrogens is 308 g/mol. The molecule has 0 aliphatic heterocycles. The lowest BCUT2D eigenvalue weighted by Gasteiger charge is -2.15. The van der Waals surface area contributed by atoms with Gasteiger partial charge in [-0.25, -0.2) is 13.1 Å². The van der Waals surface area contributed by atoms with Crippen molar-refractivity contribution in [3.63, 3.8) is 0 Å². The fraction of sp³-hybridized carbons (Fsp3) is 0.200. The van der Waals surface area contributed by atoms with Crippen molar-refractivity contribution in [3.8, 4) is 0 Å². The minimum Gasteiger partial charge on any atom is -0.326 e. The van der Waals surface area contributed by atoms with Gasteiger partial charge in [-0.2, -0.15) is 0 Å². The Balaban J connectivity index is 2.26. The normalized spacial score (nSPS) is 13.1. The van der Waals surface area contributed by atoms with Gasteiger partial charge in [0.25, 0.3) is 0 Å². The molecule has 0 fully saturated rings. The minimum absolute atomic E-state index is 0.0594. The van der Waals surface area contributed by atoms with Crippen LogP contribution in [-0.2, 0) is 16.6 Å². The molecule has 0 heterocycles. The van der Waals surface area contributed by atoms with E-state index < -0.39 is 10.0 Å². The molecule has 112 valence electrons. The smallest absolute Gasteiger partial charge is 0.242 e. The maximum Gasteiger partial charge on any atom is 0.242 e. The summed E-state index contributed by atoms with van der Waals surface area (Å²) in [4.78, 5) is 0.0594. The minimum atomic E-state index is -3.69. The van der Waals surface area contributed by atoms with Gasteiger partial charge in [0.1, 0.15) is 4.90 Å². The van der Waals surface area contributed by atoms with E-state index in [1.54, 1.807) is 19.1 Å². The van der Waals surface area contributed by atoms with Gasteiger partial charge in [-0.05, 0) is 30.2 Å². The fourth-order valence-corrected chi connectivity index (χ4v) is 3.79. The molecule has 0 aliphatic rings. The predicted molar refractivity (Wildman–Crippen MR) is 84.5 cm³/mol. The Kier molecular flexibility index (Phi) is 5.00. The summed E-state index contributed by atoms with van der Waals surface area (Å²) in [5.41, 5.74) is 7.18. The molecular formula is C15H17ClN2O2S. The molecule has 4 nitrogen and oxygen atoms in total. The summed E-state index contributed by atoms with van der Waals surface area (Å²) in [6, 6.07) is 13.7. The van der Waals surface area contributed by atoms with Gasteiger partial charge in [-0.15, -0.1) is 0 Å². The lowest BCUT2D eigenvalue weighted by molar-refractivity contribution is 0.567. The molecule has 6 heteroatoms. The van der Waals surface area contributed by atoms with E-state index in [4.69, 9.17) is 17.3 Å². The van der Waals surface area contributed by atoms with Crippen LogP contribution in [0.25, 0.3) is 0 Å². The zero-order chi connectivity index (χ0) is 15.5. The van der Waals surface area contributed by atoms with E-state index in [9.17, 15) is 8.42 Å². The Hall–Kier alpha value is -1.40. The van der Waals surface area contributed by atoms with E-state index in [2.05, 4.69) is 4.72 Å². The van der Waals surface area contributed by atoms with Gasteiger partial charge in [-0.3, -0.25) is 0 Å². The predicted octanol–water partition coefficient (Wildman–Crippen LogP) is 2.84. The number of nitrogens with two attached hydrogens (primary N) is 1. The van der Waals surface area contributed by atoms with Crippen LogP contribution in [0.1, 0.15) is 24.1 Å². The van der Waals surface area contributed by atoms with Gasteiger partial charge in [0.2, 0.25) is 10.0 Å². The van der Waals surface area contributed by atoms with E-state index in [0.29, 0.717) is 6.54 Å². The van der Waals surface area contributed by atoms with Gasteiger partial charge in [0.15, 0.2) is 0 Å². The average molecular weight is 325 g/mol. The first-order chi connectivity index (χ1) is 9.94. The van der Waals surface area contributed by atoms with Gasteiger partial charge >= 0.3 is 0 Å². The van der Waals surface area contributed by atoms with Gasteiger partial charge in [0.05, 0.1) is 5.02 Å². The first kappa shape index (κ1) is 16.0. The SMILES string of the molecule is CC(NS(=O)(=O)c1ccc(CN)cc1Cl)c1ccccc1. The van der Waals surface area contributed by atoms with Crippen LogP contribution in [0.3, 0.4) is 0 Å². The van der Waals surface area contributed by atoms with E-state index in [0.717, 1.165) is 11.1 Å². The molecule has 1 atom stereocenters. The molecule has 0 saturated carbocycles. The van der Waals surface area contributed by atoms with Crippen molar-refractivity contribution >= 4 is 21.6 Å². The quantitative estimate of drug-likeness (QED) is 0.888. The van der Waals surface area contributed by atoms with Gasteiger partial charge in [-0.1, -0.05) is 48.0 Å². The Bertz CT molecular complexity index is 718. The van der Waals surface area contributed by atoms with E-state index in [1.165, 1.54) is 6.07 Å². The Morgan fingerprint density at radius 1 is 1.19 bits per heavy atom. The molecule has 0 aromatic heterocycles. The summed E-state index contributed by atoms with van der Waals surface area (Å²) >= 11 is 6.05. The van der Waals surface area contributed by atoms with Crippen molar-refractivity contribution in [2.75, 3.05) is 0 Å². The van der Waals surface area contributed by atoms with Crippen LogP contribution >= 0.6 is 11.6 Å². The molecule has 0 bridgehead atoms. The second-order valence-corrected chi connectivity index (χ2v) is 6.81. The fourth-order valence-electron chi connectivity index (χ4n) is 2.00. The molecule has 2 aromatic rings. The molecule has 0 spiro atoms. The largest absolute Gasteiger partial charge is 0.326 e. The highest BCUT2D eigenvalue weighted by atomic mass is 35.5. The maximum atomic E-state index is 12.4. The summed E-state index contributed by atoms with van der Waals surface area (Å²) in [5, 5.41) is 0.172. The Labute approximate surface area is 130 Å². The third kappa shape index (κ3) is 3.83. The highest BCUT2D eigenvalue weighted by Gasteiger charge is 2.21. The number of rotatable bonds is 5. The molecule has 2 aromatic carbocycles. The highest BCUT2D eigenvalue weighted by Crippen LogP contribution is 2.24. The number of halogens is 1. The topological polar surface area (TPSA) is 72.2 Å². The van der Waals surface area contributed by atoms with Crippen LogP contribution in [0.4, 0.5) is 0 Å². The standard InChI is InChI=1S/C15H17ClN2O2S/c1-11(13-5-3-2-4-6-13)18-21(19,20)15-8-7-12(10-17)9-14(15)16/h2-9,11,18H,10,17H2,1H3. The summed E-state index contributed by atoms with van der Waals surface area (Å²) in [6.45, 7) is 2.10. The molecule has 2 rings (SSSR count). The first-order valence-corrected chi connectivity index (χ1v) is 8.36. The van der Waals surface area contributed by atoms with Crippen LogP contribution in [0, 0.1) is 0 Å².